The number of anilines is 2. The molecule has 1 aromatic heterocycles. The molecule has 0 radical (unpaired) electrons. The summed E-state index contributed by atoms with van der Waals surface area (Å²) < 4.78 is 5.10. The minimum Gasteiger partial charge on any atom is -0.444 e. The number of ether oxygens (including phenoxy) is 1. The molecule has 0 spiro atoms. The second-order valence-electron chi connectivity index (χ2n) is 9.84. The minimum absolute atomic E-state index is 0.0159. The van der Waals surface area contributed by atoms with Crippen LogP contribution in [0.1, 0.15) is 33.5 Å². The van der Waals surface area contributed by atoms with Crippen LogP contribution in [-0.4, -0.2) is 31.5 Å². The number of nitrogens with zero attached hydrogens (tertiary/aromatic N) is 3. The number of carbonyl (C=O) groups excluding carboxylic acids is 1. The van der Waals surface area contributed by atoms with Crippen molar-refractivity contribution in [1.82, 2.24) is 15.3 Å². The molecule has 0 aliphatic carbocycles. The van der Waals surface area contributed by atoms with Crippen molar-refractivity contribution in [2.75, 3.05) is 11.5 Å². The maximum absolute atomic E-state index is 11.5. The summed E-state index contributed by atoms with van der Waals surface area (Å²) in [7, 11) is 0. The minimum atomic E-state index is -0.571. The van der Waals surface area contributed by atoms with E-state index >= 15 is 0 Å². The summed E-state index contributed by atoms with van der Waals surface area (Å²) in [6, 6.07) is 8.29. The number of nitrogen functional groups attached to an aromatic ring is 2. The standard InChI is InChI=1S/C19H4.C13H16N4O4.C6H7N3O2/c1-3-5-7-9-11-13-15-17-19-18-16-14-12-10-8-6-4-2;1-13(2,3)21-12(18)14-7-11-15-9-5-4-8(17(19)20)6-10(9)16-11;7-5-2-1-4(9(10)11)3-6(5)8/h1H,2H3;4-6H,7H2,1-3H3,(H,14,18)(H,15,16);1-3H,7-8H2. The lowest BCUT2D eigenvalue weighted by Gasteiger charge is -2.19. The number of non-ortho nitro benzene ring substituents is 2. The lowest BCUT2D eigenvalue weighted by atomic mass is 10.2. The lowest BCUT2D eigenvalue weighted by Crippen LogP contribution is -2.32. The maximum Gasteiger partial charge on any atom is 0.408 e. The summed E-state index contributed by atoms with van der Waals surface area (Å²) >= 11 is 0. The maximum atomic E-state index is 11.5. The van der Waals surface area contributed by atoms with Gasteiger partial charge < -0.3 is 26.5 Å². The molecule has 3 aromatic rings. The number of amides is 1. The molecule has 0 aliphatic heterocycles. The smallest absolute Gasteiger partial charge is 0.408 e. The molecule has 250 valence electrons. The highest BCUT2D eigenvalue weighted by Gasteiger charge is 2.16. The molecule has 0 bridgehead atoms. The molecular formula is C38H27N7O6. The quantitative estimate of drug-likeness (QED) is 0.136. The van der Waals surface area contributed by atoms with Gasteiger partial charge in [0.2, 0.25) is 0 Å². The van der Waals surface area contributed by atoms with E-state index in [0.717, 1.165) is 0 Å². The van der Waals surface area contributed by atoms with E-state index in [1.807, 2.05) is 0 Å². The van der Waals surface area contributed by atoms with Crippen LogP contribution in [0.4, 0.5) is 27.5 Å². The van der Waals surface area contributed by atoms with Gasteiger partial charge in [0.05, 0.1) is 38.8 Å². The average molecular weight is 678 g/mol. The molecule has 13 heteroatoms. The summed E-state index contributed by atoms with van der Waals surface area (Å²) in [6.07, 6.45) is 4.34. The number of nitrogens with two attached hydrogens (primary N) is 2. The Balaban J connectivity index is 0.000000401. The Bertz CT molecular complexity index is 2360. The number of nitrogens with one attached hydrogen (secondary N) is 2. The summed E-state index contributed by atoms with van der Waals surface area (Å²) in [6.45, 7) is 7.16. The Kier molecular flexibility index (Phi) is 17.7. The van der Waals surface area contributed by atoms with Gasteiger partial charge in [-0.2, -0.15) is 0 Å². The number of hydrogen-bond acceptors (Lipinski definition) is 9. The highest BCUT2D eigenvalue weighted by atomic mass is 16.6. The van der Waals surface area contributed by atoms with Gasteiger partial charge in [0.1, 0.15) is 11.4 Å². The van der Waals surface area contributed by atoms with Gasteiger partial charge in [-0.25, -0.2) is 9.78 Å². The van der Waals surface area contributed by atoms with E-state index in [0.29, 0.717) is 22.5 Å². The van der Waals surface area contributed by atoms with E-state index in [-0.39, 0.29) is 23.6 Å². The monoisotopic (exact) mass is 677 g/mol. The Labute approximate surface area is 295 Å². The van der Waals surface area contributed by atoms with Gasteiger partial charge in [-0.3, -0.25) is 20.2 Å². The van der Waals surface area contributed by atoms with Gasteiger partial charge in [-0.1, -0.05) is 5.92 Å². The first kappa shape index (κ1) is 40.6. The van der Waals surface area contributed by atoms with Crippen molar-refractivity contribution in [1.29, 1.82) is 0 Å². The summed E-state index contributed by atoms with van der Waals surface area (Å²) in [5, 5.41) is 23.4. The lowest BCUT2D eigenvalue weighted by molar-refractivity contribution is -0.384. The largest absolute Gasteiger partial charge is 0.444 e. The summed E-state index contributed by atoms with van der Waals surface area (Å²) in [5.74, 6) is 42.4. The third-order valence-corrected chi connectivity index (χ3v) is 4.88. The molecular weight excluding hydrogens is 650 g/mol. The molecule has 0 saturated heterocycles. The number of nitro groups is 2. The second-order valence-corrected chi connectivity index (χ2v) is 9.84. The third-order valence-electron chi connectivity index (χ3n) is 4.88. The van der Waals surface area contributed by atoms with Crippen LogP contribution < -0.4 is 16.8 Å². The number of H-pyrrole nitrogens is 1. The fraction of sp³-hybridized carbons (Fsp3) is 0.158. The van der Waals surface area contributed by atoms with Gasteiger partial charge in [0.25, 0.3) is 11.4 Å². The molecule has 0 atom stereocenters. The third kappa shape index (κ3) is 18.4. The molecule has 1 heterocycles. The van der Waals surface area contributed by atoms with E-state index in [1.165, 1.54) is 30.3 Å². The molecule has 3 rings (SSSR count). The van der Waals surface area contributed by atoms with Crippen LogP contribution in [0.2, 0.25) is 0 Å². The molecule has 0 saturated carbocycles. The van der Waals surface area contributed by atoms with Gasteiger partial charge in [-0.05, 0) is 135 Å². The zero-order valence-corrected chi connectivity index (χ0v) is 27.7. The number of fused-ring (bicyclic) bond motifs is 1. The van der Waals surface area contributed by atoms with Crippen LogP contribution in [0.25, 0.3) is 11.0 Å². The van der Waals surface area contributed by atoms with Crippen molar-refractivity contribution in [2.45, 2.75) is 39.8 Å². The Morgan fingerprint density at radius 2 is 1.27 bits per heavy atom. The van der Waals surface area contributed by atoms with Crippen molar-refractivity contribution in [3.8, 4) is 107 Å². The molecule has 2 aromatic carbocycles. The van der Waals surface area contributed by atoms with Gasteiger partial charge in [0.15, 0.2) is 0 Å². The molecule has 13 nitrogen and oxygen atoms in total. The van der Waals surface area contributed by atoms with Crippen molar-refractivity contribution in [2.24, 2.45) is 0 Å². The van der Waals surface area contributed by atoms with Crippen LogP contribution in [-0.2, 0) is 11.3 Å². The predicted molar refractivity (Wildman–Crippen MR) is 194 cm³/mol. The van der Waals surface area contributed by atoms with Crippen molar-refractivity contribution < 1.29 is 19.4 Å². The molecule has 1 amide bonds. The normalized spacial score (nSPS) is 8.14. The fourth-order valence-electron chi connectivity index (χ4n) is 2.90. The average Bonchev–Trinajstić information content (AvgIpc) is 3.49. The number of rotatable bonds is 4. The summed E-state index contributed by atoms with van der Waals surface area (Å²) in [4.78, 5) is 38.6. The number of aromatic nitrogens is 2. The first-order chi connectivity index (χ1) is 24.3. The van der Waals surface area contributed by atoms with Crippen LogP contribution in [0, 0.1) is 127 Å². The van der Waals surface area contributed by atoms with Crippen LogP contribution in [0.3, 0.4) is 0 Å². The van der Waals surface area contributed by atoms with E-state index in [9.17, 15) is 25.0 Å². The fourth-order valence-corrected chi connectivity index (χ4v) is 2.90. The van der Waals surface area contributed by atoms with Crippen LogP contribution >= 0.6 is 0 Å². The molecule has 0 fully saturated rings. The van der Waals surface area contributed by atoms with Crippen LogP contribution in [0.15, 0.2) is 36.4 Å². The molecule has 0 unspecified atom stereocenters. The van der Waals surface area contributed by atoms with Crippen molar-refractivity contribution >= 4 is 39.9 Å². The number of nitro benzene ring substituents is 2. The Hall–Kier alpha value is -8.38. The van der Waals surface area contributed by atoms with E-state index < -0.39 is 21.5 Å². The summed E-state index contributed by atoms with van der Waals surface area (Å²) in [5.41, 5.74) is 11.8. The molecule has 6 N–H and O–H groups in total. The zero-order chi connectivity index (χ0) is 38.1. The zero-order valence-electron chi connectivity index (χ0n) is 27.7. The number of alkyl carbamates (subject to hydrolysis) is 1. The Morgan fingerprint density at radius 3 is 1.73 bits per heavy atom. The number of imidazole rings is 1. The van der Waals surface area contributed by atoms with Crippen molar-refractivity contribution in [3.63, 3.8) is 0 Å². The topological polar surface area (TPSA) is 205 Å². The number of terminal acetylenes is 1. The highest BCUT2D eigenvalue weighted by molar-refractivity contribution is 5.78. The number of carbonyl (C=O) groups is 1. The SMILES string of the molecule is C#CC#CC#CC#CC#CC#CC#CC#CC#CC.CC(C)(C)OC(=O)NCc1nc2ccc([N+](=O)[O-])cc2[nH]1.Nc1ccc([N+](=O)[O-])cc1N. The van der Waals surface area contributed by atoms with Gasteiger partial charge >= 0.3 is 6.09 Å². The first-order valence-electron chi connectivity index (χ1n) is 14.0. The second kappa shape index (κ2) is 22.2. The van der Waals surface area contributed by atoms with Gasteiger partial charge in [-0.15, -0.1) is 6.42 Å². The molecule has 0 aliphatic rings. The van der Waals surface area contributed by atoms with Crippen LogP contribution in [0.5, 0.6) is 0 Å². The number of benzene rings is 2. The van der Waals surface area contributed by atoms with Gasteiger partial charge in [0, 0.05) is 24.3 Å². The van der Waals surface area contributed by atoms with E-state index in [2.05, 4.69) is 116 Å². The van der Waals surface area contributed by atoms with Crippen molar-refractivity contribution in [3.05, 3.63) is 62.5 Å². The number of hydrogen-bond donors (Lipinski definition) is 4. The van der Waals surface area contributed by atoms with E-state index in [4.69, 9.17) is 22.6 Å². The Morgan fingerprint density at radius 1 is 0.804 bits per heavy atom. The predicted octanol–water partition coefficient (Wildman–Crippen LogP) is 3.92. The highest BCUT2D eigenvalue weighted by Crippen LogP contribution is 2.21. The number of aromatic amines is 1. The molecule has 51 heavy (non-hydrogen) atoms. The van der Waals surface area contributed by atoms with E-state index in [1.54, 1.807) is 33.8 Å². The first-order valence-corrected chi connectivity index (χ1v) is 14.0.